The number of H-pyrrole nitrogens is 1. The van der Waals surface area contributed by atoms with E-state index in [0.717, 1.165) is 16.5 Å². The zero-order valence-electron chi connectivity index (χ0n) is 20.8. The number of pyridine rings is 1. The lowest BCUT2D eigenvalue weighted by Gasteiger charge is -2.21. The van der Waals surface area contributed by atoms with Crippen LogP contribution in [0.1, 0.15) is 34.7 Å². The van der Waals surface area contributed by atoms with Crippen LogP contribution in [0, 0.1) is 6.92 Å². The average Bonchev–Trinajstić information content (AvgIpc) is 3.30. The summed E-state index contributed by atoms with van der Waals surface area (Å²) < 4.78 is 17.3. The van der Waals surface area contributed by atoms with Gasteiger partial charge in [0.15, 0.2) is 11.5 Å². The van der Waals surface area contributed by atoms with E-state index in [4.69, 9.17) is 14.2 Å². The Morgan fingerprint density at radius 2 is 1.81 bits per heavy atom. The van der Waals surface area contributed by atoms with Gasteiger partial charge < -0.3 is 28.9 Å². The predicted molar refractivity (Wildman–Crippen MR) is 137 cm³/mol. The van der Waals surface area contributed by atoms with Crippen molar-refractivity contribution in [2.24, 2.45) is 0 Å². The number of esters is 1. The molecule has 36 heavy (non-hydrogen) atoms. The fourth-order valence-electron chi connectivity index (χ4n) is 4.65. The van der Waals surface area contributed by atoms with Crippen LogP contribution in [0.15, 0.2) is 59.5 Å². The van der Waals surface area contributed by atoms with E-state index < -0.39 is 11.9 Å². The van der Waals surface area contributed by atoms with Crippen molar-refractivity contribution < 1.29 is 24.1 Å². The van der Waals surface area contributed by atoms with Crippen molar-refractivity contribution in [1.82, 2.24) is 9.55 Å². The number of nitrogens with zero attached hydrogens (tertiary/aromatic N) is 1. The van der Waals surface area contributed by atoms with Crippen molar-refractivity contribution in [3.63, 3.8) is 0 Å². The molecule has 0 amide bonds. The molecule has 0 fully saturated rings. The highest BCUT2D eigenvalue weighted by Gasteiger charge is 2.27. The van der Waals surface area contributed by atoms with E-state index in [0.29, 0.717) is 35.7 Å². The number of benzene rings is 2. The van der Waals surface area contributed by atoms with Crippen molar-refractivity contribution >= 4 is 16.9 Å². The van der Waals surface area contributed by atoms with Crippen molar-refractivity contribution in [2.75, 3.05) is 21.3 Å². The topological polar surface area (TPSA) is 103 Å². The van der Waals surface area contributed by atoms with Crippen LogP contribution >= 0.6 is 0 Å². The molecular formula is C28H30N2O6. The second kappa shape index (κ2) is 10.6. The highest BCUT2D eigenvalue weighted by Crippen LogP contribution is 2.37. The Balaban J connectivity index is 1.77. The molecule has 0 unspecified atom stereocenters. The minimum atomic E-state index is -0.746. The maximum Gasteiger partial charge on any atom is 0.306 e. The van der Waals surface area contributed by atoms with Gasteiger partial charge in [-0.15, -0.1) is 0 Å². The molecule has 4 rings (SSSR count). The lowest BCUT2D eigenvalue weighted by molar-refractivity contribution is -0.140. The molecule has 188 valence electrons. The summed E-state index contributed by atoms with van der Waals surface area (Å²) in [5.74, 6) is -0.438. The molecule has 4 aromatic rings. The summed E-state index contributed by atoms with van der Waals surface area (Å²) in [6.45, 7) is 2.20. The molecule has 0 aliphatic carbocycles. The van der Waals surface area contributed by atoms with E-state index in [1.54, 1.807) is 35.8 Å². The minimum absolute atomic E-state index is 0.125. The van der Waals surface area contributed by atoms with Crippen LogP contribution in [0.2, 0.25) is 0 Å². The van der Waals surface area contributed by atoms with Gasteiger partial charge in [-0.3, -0.25) is 9.59 Å². The number of rotatable bonds is 9. The van der Waals surface area contributed by atoms with Crippen LogP contribution < -0.4 is 15.0 Å². The number of hydrogen-bond donors (Lipinski definition) is 2. The largest absolute Gasteiger partial charge is 0.507 e. The fourth-order valence-corrected chi connectivity index (χ4v) is 4.65. The minimum Gasteiger partial charge on any atom is -0.507 e. The van der Waals surface area contributed by atoms with Gasteiger partial charge in [0.25, 0.3) is 5.56 Å². The van der Waals surface area contributed by atoms with Gasteiger partial charge in [0.05, 0.1) is 33.3 Å². The quantitative estimate of drug-likeness (QED) is 0.339. The maximum absolute atomic E-state index is 13.8. The summed E-state index contributed by atoms with van der Waals surface area (Å²) >= 11 is 0. The summed E-state index contributed by atoms with van der Waals surface area (Å²) in [7, 11) is 4.34. The summed E-state index contributed by atoms with van der Waals surface area (Å²) in [6, 6.07) is 14.7. The average molecular weight is 491 g/mol. The summed E-state index contributed by atoms with van der Waals surface area (Å²) in [4.78, 5) is 29.4. The highest BCUT2D eigenvalue weighted by atomic mass is 16.5. The Morgan fingerprint density at radius 1 is 1.06 bits per heavy atom. The second-order valence-corrected chi connectivity index (χ2v) is 8.60. The third-order valence-electron chi connectivity index (χ3n) is 6.56. The molecule has 0 radical (unpaired) electrons. The third-order valence-corrected chi connectivity index (χ3v) is 6.56. The Bertz CT molecular complexity index is 1450. The van der Waals surface area contributed by atoms with Crippen molar-refractivity contribution in [3.8, 4) is 17.2 Å². The van der Waals surface area contributed by atoms with Crippen LogP contribution in [-0.2, 0) is 22.5 Å². The van der Waals surface area contributed by atoms with Gasteiger partial charge in [0.1, 0.15) is 5.75 Å². The first kappa shape index (κ1) is 24.9. The lowest BCUT2D eigenvalue weighted by atomic mass is 9.88. The molecule has 0 bridgehead atoms. The summed E-state index contributed by atoms with van der Waals surface area (Å²) in [5.41, 5.74) is 3.17. The number of carbonyl (C=O) groups excluding carboxylic acids is 1. The summed E-state index contributed by atoms with van der Waals surface area (Å²) in [5, 5.41) is 12.0. The number of ether oxygens (including phenoxy) is 3. The number of hydrogen-bond acceptors (Lipinski definition) is 6. The zero-order valence-corrected chi connectivity index (χ0v) is 20.8. The van der Waals surface area contributed by atoms with Gasteiger partial charge in [0.2, 0.25) is 0 Å². The molecule has 2 aromatic carbocycles. The van der Waals surface area contributed by atoms with Crippen LogP contribution in [-0.4, -0.2) is 42.0 Å². The van der Waals surface area contributed by atoms with Crippen molar-refractivity contribution in [3.05, 3.63) is 87.5 Å². The Labute approximate surface area is 209 Å². The number of para-hydroxylation sites is 1. The molecule has 0 saturated heterocycles. The molecule has 8 nitrogen and oxygen atoms in total. The normalized spacial score (nSPS) is 11.9. The van der Waals surface area contributed by atoms with Gasteiger partial charge >= 0.3 is 5.97 Å². The van der Waals surface area contributed by atoms with Crippen LogP contribution in [0.4, 0.5) is 0 Å². The van der Waals surface area contributed by atoms with Gasteiger partial charge in [-0.2, -0.15) is 0 Å². The Hall–Kier alpha value is -4.20. The van der Waals surface area contributed by atoms with Gasteiger partial charge in [-0.25, -0.2) is 0 Å². The first-order chi connectivity index (χ1) is 17.4. The van der Waals surface area contributed by atoms with Gasteiger partial charge in [-0.1, -0.05) is 24.3 Å². The Morgan fingerprint density at radius 3 is 2.53 bits per heavy atom. The standard InChI is InChI=1S/C28H30N2O6/c1-17-13-23(31)27(21(15-26(32)36-4)18-9-10-24(34-2)25(14-18)35-3)28(33)30(17)12-11-19-16-29-22-8-6-5-7-20(19)22/h5-10,13-14,16,21,29,31H,11-12,15H2,1-4H3/t21-/m0/s1. The number of aromatic hydroxyl groups is 1. The van der Waals surface area contributed by atoms with Crippen molar-refractivity contribution in [1.29, 1.82) is 0 Å². The molecule has 0 aliphatic heterocycles. The highest BCUT2D eigenvalue weighted by molar-refractivity contribution is 5.83. The van der Waals surface area contributed by atoms with E-state index in [1.165, 1.54) is 21.3 Å². The van der Waals surface area contributed by atoms with E-state index in [-0.39, 0.29) is 23.3 Å². The molecule has 2 heterocycles. The fraction of sp³-hybridized carbons (Fsp3) is 0.286. The number of aryl methyl sites for hydroxylation is 2. The molecule has 0 aliphatic rings. The lowest BCUT2D eigenvalue weighted by Crippen LogP contribution is -2.29. The van der Waals surface area contributed by atoms with Crippen LogP contribution in [0.25, 0.3) is 10.9 Å². The Kier molecular flexibility index (Phi) is 7.33. The number of methoxy groups -OCH3 is 3. The SMILES string of the molecule is COC(=O)C[C@@H](c1ccc(OC)c(OC)c1)c1c(O)cc(C)n(CCc2c[nH]c3ccccc23)c1=O. The molecule has 2 N–H and O–H groups in total. The van der Waals surface area contributed by atoms with Gasteiger partial charge in [-0.05, 0) is 48.7 Å². The third kappa shape index (κ3) is 4.79. The molecule has 2 aromatic heterocycles. The van der Waals surface area contributed by atoms with Crippen LogP contribution in [0.5, 0.6) is 17.2 Å². The van der Waals surface area contributed by atoms with Crippen molar-refractivity contribution in [2.45, 2.75) is 32.2 Å². The monoisotopic (exact) mass is 490 g/mol. The molecule has 8 heteroatoms. The number of aromatic amines is 1. The maximum atomic E-state index is 13.8. The number of carbonyl (C=O) groups is 1. The van der Waals surface area contributed by atoms with Crippen LogP contribution in [0.3, 0.4) is 0 Å². The van der Waals surface area contributed by atoms with E-state index in [2.05, 4.69) is 4.98 Å². The first-order valence-corrected chi connectivity index (χ1v) is 11.6. The smallest absolute Gasteiger partial charge is 0.306 e. The zero-order chi connectivity index (χ0) is 25.8. The summed E-state index contributed by atoms with van der Waals surface area (Å²) in [6.07, 6.45) is 2.45. The molecular weight excluding hydrogens is 460 g/mol. The first-order valence-electron chi connectivity index (χ1n) is 11.6. The molecule has 0 saturated carbocycles. The van der Waals surface area contributed by atoms with Gasteiger partial charge in [0, 0.05) is 35.3 Å². The van der Waals surface area contributed by atoms with E-state index in [9.17, 15) is 14.7 Å². The second-order valence-electron chi connectivity index (χ2n) is 8.60. The molecule has 1 atom stereocenters. The predicted octanol–water partition coefficient (Wildman–Crippen LogP) is 4.30. The number of aromatic nitrogens is 2. The number of nitrogens with one attached hydrogen (secondary N) is 1. The van der Waals surface area contributed by atoms with E-state index in [1.807, 2.05) is 30.5 Å². The van der Waals surface area contributed by atoms with E-state index >= 15 is 0 Å². The number of fused-ring (bicyclic) bond motifs is 1. The molecule has 0 spiro atoms.